The number of likely N-dealkylation sites (tertiary alicyclic amines) is 1. The normalized spacial score (nSPS) is 14.6. The molecule has 2 aromatic rings. The summed E-state index contributed by atoms with van der Waals surface area (Å²) in [5.74, 6) is -0.115. The van der Waals surface area contributed by atoms with Gasteiger partial charge in [-0.2, -0.15) is 0 Å². The third-order valence-corrected chi connectivity index (χ3v) is 4.67. The van der Waals surface area contributed by atoms with Gasteiger partial charge < -0.3 is 20.7 Å². The first-order chi connectivity index (χ1) is 13.1. The number of hydrogen-bond acceptors (Lipinski definition) is 5. The first-order valence-corrected chi connectivity index (χ1v) is 9.11. The van der Waals surface area contributed by atoms with E-state index in [-0.39, 0.29) is 18.0 Å². The Morgan fingerprint density at radius 3 is 2.56 bits per heavy atom. The molecule has 1 aliphatic heterocycles. The molecule has 1 saturated heterocycles. The first kappa shape index (κ1) is 18.7. The summed E-state index contributed by atoms with van der Waals surface area (Å²) in [5.41, 5.74) is 8.97. The minimum Gasteiger partial charge on any atom is -0.450 e. The lowest BCUT2D eigenvalue weighted by Gasteiger charge is -2.31. The van der Waals surface area contributed by atoms with Gasteiger partial charge in [-0.15, -0.1) is 0 Å². The number of carbonyl (C=O) groups excluding carboxylic acids is 2. The van der Waals surface area contributed by atoms with E-state index < -0.39 is 0 Å². The zero-order valence-electron chi connectivity index (χ0n) is 15.4. The van der Waals surface area contributed by atoms with E-state index in [1.807, 2.05) is 12.1 Å². The summed E-state index contributed by atoms with van der Waals surface area (Å²) in [5, 5.41) is 3.04. The molecule has 1 aromatic carbocycles. The fourth-order valence-corrected chi connectivity index (χ4v) is 3.14. The average Bonchev–Trinajstić information content (AvgIpc) is 2.69. The van der Waals surface area contributed by atoms with Gasteiger partial charge in [0.15, 0.2) is 0 Å². The van der Waals surface area contributed by atoms with Crippen molar-refractivity contribution in [2.24, 2.45) is 0 Å². The molecule has 3 N–H and O–H groups in total. The van der Waals surface area contributed by atoms with Crippen LogP contribution in [0.3, 0.4) is 0 Å². The molecule has 0 radical (unpaired) electrons. The molecule has 2 amide bonds. The number of nitrogens with one attached hydrogen (secondary N) is 1. The topological polar surface area (TPSA) is 97.5 Å². The molecular weight excluding hydrogens is 344 g/mol. The monoisotopic (exact) mass is 368 g/mol. The lowest BCUT2D eigenvalue weighted by atomic mass is 10.0. The number of amides is 2. The van der Waals surface area contributed by atoms with Crippen LogP contribution in [0.5, 0.6) is 0 Å². The Kier molecular flexibility index (Phi) is 5.90. The van der Waals surface area contributed by atoms with E-state index in [4.69, 9.17) is 10.5 Å². The Bertz CT molecular complexity index is 799. The highest BCUT2D eigenvalue weighted by molar-refractivity contribution is 5.95. The van der Waals surface area contributed by atoms with E-state index in [0.717, 1.165) is 24.0 Å². The van der Waals surface area contributed by atoms with E-state index in [2.05, 4.69) is 10.3 Å². The highest BCUT2D eigenvalue weighted by Crippen LogP contribution is 2.24. The van der Waals surface area contributed by atoms with Crippen molar-refractivity contribution in [3.8, 4) is 11.1 Å². The Labute approximate surface area is 158 Å². The maximum Gasteiger partial charge on any atom is 0.409 e. The highest BCUT2D eigenvalue weighted by atomic mass is 16.6. The average molecular weight is 368 g/mol. The predicted octanol–water partition coefficient (Wildman–Crippen LogP) is 2.68. The van der Waals surface area contributed by atoms with Crippen molar-refractivity contribution < 1.29 is 14.3 Å². The van der Waals surface area contributed by atoms with Crippen LogP contribution in [0.15, 0.2) is 42.7 Å². The molecule has 1 aliphatic rings. The smallest absolute Gasteiger partial charge is 0.409 e. The van der Waals surface area contributed by atoms with Crippen molar-refractivity contribution in [3.63, 3.8) is 0 Å². The number of nitrogens with zero attached hydrogens (tertiary/aromatic N) is 2. The van der Waals surface area contributed by atoms with Crippen LogP contribution >= 0.6 is 0 Å². The van der Waals surface area contributed by atoms with Gasteiger partial charge in [0, 0.05) is 48.3 Å². The summed E-state index contributed by atoms with van der Waals surface area (Å²) in [6.07, 6.45) is 4.51. The molecule has 1 aromatic heterocycles. The molecule has 7 nitrogen and oxygen atoms in total. The molecule has 7 heteroatoms. The zero-order valence-corrected chi connectivity index (χ0v) is 15.4. The van der Waals surface area contributed by atoms with E-state index >= 15 is 0 Å². The molecule has 3 rings (SSSR count). The van der Waals surface area contributed by atoms with Crippen LogP contribution in [0.1, 0.15) is 30.1 Å². The number of carbonyl (C=O) groups is 2. The maximum atomic E-state index is 12.5. The van der Waals surface area contributed by atoms with Gasteiger partial charge in [0.1, 0.15) is 0 Å². The molecule has 1 fully saturated rings. The number of piperidine rings is 1. The number of nitrogens with two attached hydrogens (primary N) is 1. The fraction of sp³-hybridized carbons (Fsp3) is 0.350. The summed E-state index contributed by atoms with van der Waals surface area (Å²) in [6.45, 7) is 3.33. The van der Waals surface area contributed by atoms with E-state index in [9.17, 15) is 9.59 Å². The second kappa shape index (κ2) is 8.53. The molecule has 0 unspecified atom stereocenters. The van der Waals surface area contributed by atoms with Gasteiger partial charge in [-0.1, -0.05) is 12.1 Å². The van der Waals surface area contributed by atoms with Gasteiger partial charge in [0.25, 0.3) is 5.91 Å². The van der Waals surface area contributed by atoms with Crippen molar-refractivity contribution in [3.05, 3.63) is 48.3 Å². The van der Waals surface area contributed by atoms with Gasteiger partial charge in [0.05, 0.1) is 6.61 Å². The minimum absolute atomic E-state index is 0.0526. The van der Waals surface area contributed by atoms with Crippen molar-refractivity contribution >= 4 is 17.7 Å². The molecule has 0 saturated carbocycles. The van der Waals surface area contributed by atoms with Gasteiger partial charge in [0.2, 0.25) is 0 Å². The molecule has 0 bridgehead atoms. The molecule has 27 heavy (non-hydrogen) atoms. The van der Waals surface area contributed by atoms with Crippen LogP contribution < -0.4 is 11.1 Å². The summed E-state index contributed by atoms with van der Waals surface area (Å²) < 4.78 is 5.01. The largest absolute Gasteiger partial charge is 0.450 e. The second-order valence-corrected chi connectivity index (χ2v) is 6.47. The predicted molar refractivity (Wildman–Crippen MR) is 103 cm³/mol. The number of nitrogen functional groups attached to an aromatic ring is 1. The molecule has 0 spiro atoms. The van der Waals surface area contributed by atoms with Gasteiger partial charge in [-0.3, -0.25) is 9.78 Å². The SMILES string of the molecule is CCOC(=O)N1CCC(NC(=O)c2ccc(-c3cnccc3N)cc2)CC1. The van der Waals surface area contributed by atoms with Crippen LogP contribution in [0.2, 0.25) is 0 Å². The summed E-state index contributed by atoms with van der Waals surface area (Å²) in [4.78, 5) is 30.0. The van der Waals surface area contributed by atoms with Gasteiger partial charge in [-0.25, -0.2) is 4.79 Å². The Morgan fingerprint density at radius 2 is 1.93 bits per heavy atom. The van der Waals surface area contributed by atoms with Crippen molar-refractivity contribution in [1.82, 2.24) is 15.2 Å². The minimum atomic E-state index is -0.285. The van der Waals surface area contributed by atoms with Gasteiger partial charge >= 0.3 is 6.09 Å². The third-order valence-electron chi connectivity index (χ3n) is 4.67. The summed E-state index contributed by atoms with van der Waals surface area (Å²) >= 11 is 0. The van der Waals surface area contributed by atoms with E-state index in [1.54, 1.807) is 42.4 Å². The number of ether oxygens (including phenoxy) is 1. The number of anilines is 1. The Balaban J connectivity index is 1.56. The van der Waals surface area contributed by atoms with Crippen molar-refractivity contribution in [2.45, 2.75) is 25.8 Å². The van der Waals surface area contributed by atoms with Crippen LogP contribution in [-0.4, -0.2) is 47.6 Å². The number of pyridine rings is 1. The lowest BCUT2D eigenvalue weighted by Crippen LogP contribution is -2.46. The van der Waals surface area contributed by atoms with Crippen LogP contribution in [-0.2, 0) is 4.74 Å². The Morgan fingerprint density at radius 1 is 1.22 bits per heavy atom. The lowest BCUT2D eigenvalue weighted by molar-refractivity contribution is 0.0860. The number of aromatic nitrogens is 1. The number of rotatable bonds is 4. The van der Waals surface area contributed by atoms with Crippen LogP contribution in [0.4, 0.5) is 10.5 Å². The molecule has 0 aliphatic carbocycles. The number of benzene rings is 1. The molecule has 142 valence electrons. The van der Waals surface area contributed by atoms with Crippen LogP contribution in [0.25, 0.3) is 11.1 Å². The highest BCUT2D eigenvalue weighted by Gasteiger charge is 2.24. The fourth-order valence-electron chi connectivity index (χ4n) is 3.14. The standard InChI is InChI=1S/C20H24N4O3/c1-2-27-20(26)24-11-8-16(9-12-24)23-19(25)15-5-3-14(4-6-15)17-13-22-10-7-18(17)21/h3-7,10,13,16H,2,8-9,11-12H2,1H3,(H2,21,22)(H,23,25). The van der Waals surface area contributed by atoms with Crippen molar-refractivity contribution in [1.29, 1.82) is 0 Å². The second-order valence-electron chi connectivity index (χ2n) is 6.47. The Hall–Kier alpha value is -3.09. The quantitative estimate of drug-likeness (QED) is 0.865. The van der Waals surface area contributed by atoms with E-state index in [1.165, 1.54) is 0 Å². The van der Waals surface area contributed by atoms with Crippen molar-refractivity contribution in [2.75, 3.05) is 25.4 Å². The molecular formula is C20H24N4O3. The summed E-state index contributed by atoms with van der Waals surface area (Å²) in [6, 6.07) is 9.10. The molecule has 2 heterocycles. The first-order valence-electron chi connectivity index (χ1n) is 9.11. The van der Waals surface area contributed by atoms with Gasteiger partial charge in [-0.05, 0) is 43.5 Å². The zero-order chi connectivity index (χ0) is 19.2. The maximum absolute atomic E-state index is 12.5. The van der Waals surface area contributed by atoms with E-state index in [0.29, 0.717) is 30.9 Å². The molecule has 0 atom stereocenters. The third kappa shape index (κ3) is 4.55. The number of hydrogen-bond donors (Lipinski definition) is 2. The summed E-state index contributed by atoms with van der Waals surface area (Å²) in [7, 11) is 0. The van der Waals surface area contributed by atoms with Crippen LogP contribution in [0, 0.1) is 0 Å².